The summed E-state index contributed by atoms with van der Waals surface area (Å²) in [6, 6.07) is 0. The number of nitrogens with one attached hydrogen (secondary N) is 1. The zero-order chi connectivity index (χ0) is 20.2. The van der Waals surface area contributed by atoms with Gasteiger partial charge in [-0.05, 0) is 45.1 Å². The minimum absolute atomic E-state index is 0.0939. The molecule has 0 radical (unpaired) electrons. The standard InChI is InChI=1S/C21H44NO4P/c1-2-3-4-5-6-7-8-9-10-11-12-13-14-15-16-17-19-22-21(23)18-20-27(24,25)26/h9-10,21-23H,2-8,11-20H2,1H3,(H2,24,25,26)/b10-9-. The Morgan fingerprint density at radius 1 is 0.815 bits per heavy atom. The maximum absolute atomic E-state index is 10.7. The Kier molecular flexibility index (Phi) is 19.0. The van der Waals surface area contributed by atoms with Gasteiger partial charge in [0.25, 0.3) is 0 Å². The summed E-state index contributed by atoms with van der Waals surface area (Å²) in [6.45, 7) is 2.96. The molecule has 0 bridgehead atoms. The summed E-state index contributed by atoms with van der Waals surface area (Å²) in [6.07, 6.45) is 21.5. The van der Waals surface area contributed by atoms with Crippen LogP contribution in [0.1, 0.15) is 103 Å². The molecule has 1 atom stereocenters. The van der Waals surface area contributed by atoms with E-state index in [0.717, 1.165) is 12.8 Å². The summed E-state index contributed by atoms with van der Waals surface area (Å²) in [4.78, 5) is 17.5. The van der Waals surface area contributed by atoms with E-state index in [9.17, 15) is 9.67 Å². The molecule has 0 aromatic carbocycles. The maximum atomic E-state index is 10.7. The normalized spacial score (nSPS) is 13.5. The first-order valence-electron chi connectivity index (χ1n) is 11.1. The number of allylic oxidation sites excluding steroid dienone is 2. The number of rotatable bonds is 20. The van der Waals surface area contributed by atoms with Crippen LogP contribution in [-0.2, 0) is 4.57 Å². The molecule has 162 valence electrons. The number of hydrogen-bond donors (Lipinski definition) is 4. The van der Waals surface area contributed by atoms with Crippen LogP contribution in [0.3, 0.4) is 0 Å². The zero-order valence-electron chi connectivity index (χ0n) is 17.4. The molecule has 0 spiro atoms. The Bertz CT molecular complexity index is 384. The van der Waals surface area contributed by atoms with Gasteiger partial charge >= 0.3 is 7.60 Å². The monoisotopic (exact) mass is 405 g/mol. The Morgan fingerprint density at radius 3 is 1.81 bits per heavy atom. The summed E-state index contributed by atoms with van der Waals surface area (Å²) in [5.41, 5.74) is 0. The van der Waals surface area contributed by atoms with Crippen LogP contribution in [0.25, 0.3) is 0 Å². The van der Waals surface area contributed by atoms with E-state index in [1.807, 2.05) is 0 Å². The van der Waals surface area contributed by atoms with Crippen molar-refractivity contribution in [2.75, 3.05) is 12.7 Å². The molecular formula is C21H44NO4P. The molecule has 0 heterocycles. The summed E-state index contributed by atoms with van der Waals surface area (Å²) in [7, 11) is -4.00. The third kappa shape index (κ3) is 23.8. The van der Waals surface area contributed by atoms with Gasteiger partial charge in [0, 0.05) is 0 Å². The van der Waals surface area contributed by atoms with Crippen LogP contribution < -0.4 is 5.32 Å². The minimum atomic E-state index is -4.00. The molecular weight excluding hydrogens is 361 g/mol. The van der Waals surface area contributed by atoms with Gasteiger partial charge in [0.1, 0.15) is 6.23 Å². The molecule has 0 aromatic heterocycles. The highest BCUT2D eigenvalue weighted by atomic mass is 31.2. The summed E-state index contributed by atoms with van der Waals surface area (Å²) in [5, 5.41) is 12.5. The molecule has 4 N–H and O–H groups in total. The first-order chi connectivity index (χ1) is 13.0. The lowest BCUT2D eigenvalue weighted by Gasteiger charge is -2.13. The summed E-state index contributed by atoms with van der Waals surface area (Å²) < 4.78 is 10.7. The van der Waals surface area contributed by atoms with Gasteiger partial charge in [-0.25, -0.2) is 0 Å². The number of unbranched alkanes of at least 4 members (excludes halogenated alkanes) is 12. The average Bonchev–Trinajstić information content (AvgIpc) is 2.62. The van der Waals surface area contributed by atoms with Crippen molar-refractivity contribution < 1.29 is 19.5 Å². The van der Waals surface area contributed by atoms with Gasteiger partial charge in [0.2, 0.25) is 0 Å². The van der Waals surface area contributed by atoms with Gasteiger partial charge < -0.3 is 14.9 Å². The van der Waals surface area contributed by atoms with Gasteiger partial charge in [-0.1, -0.05) is 76.9 Å². The van der Waals surface area contributed by atoms with Gasteiger partial charge in [0.05, 0.1) is 6.16 Å². The molecule has 1 unspecified atom stereocenters. The lowest BCUT2D eigenvalue weighted by atomic mass is 10.1. The highest BCUT2D eigenvalue weighted by Crippen LogP contribution is 2.35. The van der Waals surface area contributed by atoms with Crippen LogP contribution in [0.2, 0.25) is 0 Å². The highest BCUT2D eigenvalue weighted by Gasteiger charge is 2.15. The number of aliphatic hydroxyl groups excluding tert-OH is 1. The van der Waals surface area contributed by atoms with Gasteiger partial charge in [0.15, 0.2) is 0 Å². The van der Waals surface area contributed by atoms with Crippen LogP contribution in [0, 0.1) is 0 Å². The summed E-state index contributed by atoms with van der Waals surface area (Å²) in [5.74, 6) is 0. The van der Waals surface area contributed by atoms with Gasteiger partial charge in [-0.3, -0.25) is 9.88 Å². The van der Waals surface area contributed by atoms with Gasteiger partial charge in [-0.2, -0.15) is 0 Å². The molecule has 0 amide bonds. The molecule has 27 heavy (non-hydrogen) atoms. The molecule has 0 aliphatic rings. The van der Waals surface area contributed by atoms with E-state index in [1.54, 1.807) is 0 Å². The van der Waals surface area contributed by atoms with E-state index in [0.29, 0.717) is 6.54 Å². The zero-order valence-corrected chi connectivity index (χ0v) is 18.3. The fraction of sp³-hybridized carbons (Fsp3) is 0.905. The molecule has 0 saturated heterocycles. The average molecular weight is 406 g/mol. The Hall–Kier alpha value is -0.190. The smallest absolute Gasteiger partial charge is 0.325 e. The molecule has 0 rings (SSSR count). The first kappa shape index (κ1) is 26.8. The lowest BCUT2D eigenvalue weighted by Crippen LogP contribution is -2.30. The molecule has 0 aliphatic heterocycles. The van der Waals surface area contributed by atoms with Crippen LogP contribution >= 0.6 is 7.60 Å². The fourth-order valence-corrected chi connectivity index (χ4v) is 3.61. The van der Waals surface area contributed by atoms with Crippen molar-refractivity contribution in [2.24, 2.45) is 0 Å². The van der Waals surface area contributed by atoms with Crippen molar-refractivity contribution >= 4 is 7.60 Å². The second kappa shape index (κ2) is 19.1. The molecule has 0 fully saturated rings. The van der Waals surface area contributed by atoms with E-state index >= 15 is 0 Å². The van der Waals surface area contributed by atoms with Crippen molar-refractivity contribution in [1.29, 1.82) is 0 Å². The topological polar surface area (TPSA) is 89.8 Å². The predicted octanol–water partition coefficient (Wildman–Crippen LogP) is 5.50. The molecule has 0 saturated carbocycles. The Morgan fingerprint density at radius 2 is 1.30 bits per heavy atom. The van der Waals surface area contributed by atoms with Crippen molar-refractivity contribution in [3.63, 3.8) is 0 Å². The molecule has 0 aromatic rings. The lowest BCUT2D eigenvalue weighted by molar-refractivity contribution is 0.131. The van der Waals surface area contributed by atoms with Crippen LogP contribution in [0.4, 0.5) is 0 Å². The molecule has 6 heteroatoms. The van der Waals surface area contributed by atoms with E-state index in [1.165, 1.54) is 77.0 Å². The third-order valence-corrected chi connectivity index (χ3v) is 5.60. The fourth-order valence-electron chi connectivity index (χ4n) is 3.03. The maximum Gasteiger partial charge on any atom is 0.325 e. The third-order valence-electron chi connectivity index (χ3n) is 4.76. The second-order valence-corrected chi connectivity index (χ2v) is 9.36. The Labute approximate surface area is 167 Å². The minimum Gasteiger partial charge on any atom is -0.379 e. The Balaban J connectivity index is 3.22. The first-order valence-corrected chi connectivity index (χ1v) is 12.9. The van der Waals surface area contributed by atoms with Crippen molar-refractivity contribution in [2.45, 2.75) is 109 Å². The predicted molar refractivity (Wildman–Crippen MR) is 115 cm³/mol. The van der Waals surface area contributed by atoms with Crippen molar-refractivity contribution in [1.82, 2.24) is 5.32 Å². The van der Waals surface area contributed by atoms with Crippen LogP contribution in [-0.4, -0.2) is 33.8 Å². The quantitative estimate of drug-likeness (QED) is 0.0929. The highest BCUT2D eigenvalue weighted by molar-refractivity contribution is 7.51. The van der Waals surface area contributed by atoms with Crippen molar-refractivity contribution in [3.8, 4) is 0 Å². The van der Waals surface area contributed by atoms with E-state index < -0.39 is 13.8 Å². The van der Waals surface area contributed by atoms with E-state index in [2.05, 4.69) is 24.4 Å². The van der Waals surface area contributed by atoms with E-state index in [4.69, 9.17) is 9.79 Å². The molecule has 5 nitrogen and oxygen atoms in total. The largest absolute Gasteiger partial charge is 0.379 e. The van der Waals surface area contributed by atoms with Gasteiger partial charge in [-0.15, -0.1) is 0 Å². The van der Waals surface area contributed by atoms with Crippen LogP contribution in [0.5, 0.6) is 0 Å². The summed E-state index contributed by atoms with van der Waals surface area (Å²) >= 11 is 0. The second-order valence-electron chi connectivity index (χ2n) is 7.58. The number of hydrogen-bond acceptors (Lipinski definition) is 3. The van der Waals surface area contributed by atoms with Crippen molar-refractivity contribution in [3.05, 3.63) is 12.2 Å². The number of aliphatic hydroxyl groups is 1. The molecule has 0 aliphatic carbocycles. The van der Waals surface area contributed by atoms with Crippen LogP contribution in [0.15, 0.2) is 12.2 Å². The van der Waals surface area contributed by atoms with E-state index in [-0.39, 0.29) is 12.6 Å². The SMILES string of the molecule is CCCCCCCC/C=C\CCCCCCCCNC(O)CCP(=O)(O)O.